The number of nitrogens with zero attached hydrogens (tertiary/aromatic N) is 2. The Kier molecular flexibility index (Phi) is 3.76. The number of hydrogen-bond acceptors (Lipinski definition) is 3. The summed E-state index contributed by atoms with van der Waals surface area (Å²) in [7, 11) is 0. The van der Waals surface area contributed by atoms with Crippen molar-refractivity contribution in [2.75, 3.05) is 5.32 Å². The lowest BCUT2D eigenvalue weighted by molar-refractivity contribution is -0.122. The molecule has 1 aromatic heterocycles. The number of aryl methyl sites for hydroxylation is 1. The van der Waals surface area contributed by atoms with Crippen molar-refractivity contribution in [3.05, 3.63) is 72.1 Å². The molecule has 0 aliphatic carbocycles. The summed E-state index contributed by atoms with van der Waals surface area (Å²) >= 11 is 0. The van der Waals surface area contributed by atoms with Gasteiger partial charge in [0.2, 0.25) is 0 Å². The third-order valence-electron chi connectivity index (χ3n) is 4.62. The van der Waals surface area contributed by atoms with Crippen LogP contribution in [0.4, 0.5) is 5.69 Å². The molecule has 1 amide bonds. The maximum atomic E-state index is 12.8. The lowest BCUT2D eigenvalue weighted by atomic mass is 9.97. The van der Waals surface area contributed by atoms with E-state index in [2.05, 4.69) is 10.4 Å². The van der Waals surface area contributed by atoms with Gasteiger partial charge in [0.1, 0.15) is 5.75 Å². The molecule has 2 heterocycles. The number of benzene rings is 2. The summed E-state index contributed by atoms with van der Waals surface area (Å²) in [5, 5.41) is 7.25. The first kappa shape index (κ1) is 15.4. The number of carbonyl (C=O) groups is 1. The zero-order valence-corrected chi connectivity index (χ0v) is 14.1. The molecule has 5 nitrogen and oxygen atoms in total. The Hall–Kier alpha value is -3.08. The highest BCUT2D eigenvalue weighted by Gasteiger charge is 2.36. The van der Waals surface area contributed by atoms with Crippen LogP contribution >= 0.6 is 0 Å². The monoisotopic (exact) mass is 333 g/mol. The van der Waals surface area contributed by atoms with Crippen LogP contribution in [0.5, 0.6) is 5.75 Å². The molecule has 0 spiro atoms. The highest BCUT2D eigenvalue weighted by atomic mass is 16.5. The lowest BCUT2D eigenvalue weighted by Gasteiger charge is -2.17. The number of carbonyl (C=O) groups excluding carboxylic acids is 1. The summed E-state index contributed by atoms with van der Waals surface area (Å²) in [5.41, 5.74) is 3.73. The van der Waals surface area contributed by atoms with Crippen LogP contribution in [0.15, 0.2) is 60.9 Å². The summed E-state index contributed by atoms with van der Waals surface area (Å²) in [6.07, 6.45) is 3.07. The average molecular weight is 333 g/mol. The quantitative estimate of drug-likeness (QED) is 0.795. The van der Waals surface area contributed by atoms with E-state index in [0.29, 0.717) is 0 Å². The van der Waals surface area contributed by atoms with E-state index >= 15 is 0 Å². The highest BCUT2D eigenvalue weighted by Crippen LogP contribution is 2.38. The minimum atomic E-state index is -0.523. The number of ether oxygens (including phenoxy) is 1. The van der Waals surface area contributed by atoms with Gasteiger partial charge in [0.05, 0.1) is 5.69 Å². The molecule has 0 fully saturated rings. The second-order valence-electron chi connectivity index (χ2n) is 6.30. The zero-order chi connectivity index (χ0) is 17.4. The Morgan fingerprint density at radius 2 is 2.04 bits per heavy atom. The third kappa shape index (κ3) is 2.78. The Bertz CT molecular complexity index is 918. The second-order valence-corrected chi connectivity index (χ2v) is 6.30. The van der Waals surface area contributed by atoms with E-state index in [1.54, 1.807) is 10.9 Å². The maximum absolute atomic E-state index is 12.8. The fourth-order valence-corrected chi connectivity index (χ4v) is 3.16. The Morgan fingerprint density at radius 1 is 1.20 bits per heavy atom. The van der Waals surface area contributed by atoms with Crippen LogP contribution in [-0.2, 0) is 4.79 Å². The fraction of sp³-hybridized carbons (Fsp3) is 0.200. The summed E-state index contributed by atoms with van der Waals surface area (Å²) in [6, 6.07) is 15.5. The van der Waals surface area contributed by atoms with Gasteiger partial charge in [0, 0.05) is 29.6 Å². The molecular weight excluding hydrogens is 314 g/mol. The molecule has 2 atom stereocenters. The Balaban J connectivity index is 1.57. The van der Waals surface area contributed by atoms with Gasteiger partial charge < -0.3 is 10.1 Å². The van der Waals surface area contributed by atoms with Crippen LogP contribution in [0.1, 0.15) is 24.0 Å². The summed E-state index contributed by atoms with van der Waals surface area (Å²) < 4.78 is 7.63. The van der Waals surface area contributed by atoms with E-state index in [9.17, 15) is 4.79 Å². The first-order chi connectivity index (χ1) is 12.1. The van der Waals surface area contributed by atoms with Crippen molar-refractivity contribution < 1.29 is 9.53 Å². The van der Waals surface area contributed by atoms with Crippen LogP contribution in [0, 0.1) is 6.92 Å². The van der Waals surface area contributed by atoms with E-state index in [-0.39, 0.29) is 11.8 Å². The molecule has 5 heteroatoms. The van der Waals surface area contributed by atoms with E-state index < -0.39 is 6.10 Å². The van der Waals surface area contributed by atoms with Gasteiger partial charge >= 0.3 is 0 Å². The molecule has 1 N–H and O–H groups in total. The lowest BCUT2D eigenvalue weighted by Crippen LogP contribution is -2.33. The SMILES string of the molecule is Cc1ccc(-n2cccn2)cc1NC(=O)C1Oc2ccccc2C1C. The third-order valence-corrected chi connectivity index (χ3v) is 4.62. The van der Waals surface area contributed by atoms with Crippen molar-refractivity contribution in [1.82, 2.24) is 9.78 Å². The standard InChI is InChI=1S/C20H19N3O2/c1-13-8-9-15(23-11-5-10-21-23)12-17(13)22-20(24)19-14(2)16-6-3-4-7-18(16)25-19/h3-12,14,19H,1-2H3,(H,22,24). The average Bonchev–Trinajstić information content (AvgIpc) is 3.26. The van der Waals surface area contributed by atoms with Crippen molar-refractivity contribution >= 4 is 11.6 Å². The van der Waals surface area contributed by atoms with Crippen molar-refractivity contribution in [1.29, 1.82) is 0 Å². The van der Waals surface area contributed by atoms with E-state index in [4.69, 9.17) is 4.74 Å². The second kappa shape index (κ2) is 6.09. The molecule has 4 rings (SSSR count). The molecule has 0 bridgehead atoms. The molecule has 2 unspecified atom stereocenters. The molecule has 0 saturated heterocycles. The van der Waals surface area contributed by atoms with E-state index in [1.807, 2.05) is 68.6 Å². The molecule has 0 saturated carbocycles. The number of aromatic nitrogens is 2. The molecule has 3 aromatic rings. The highest BCUT2D eigenvalue weighted by molar-refractivity contribution is 5.96. The number of fused-ring (bicyclic) bond motifs is 1. The summed E-state index contributed by atoms with van der Waals surface area (Å²) in [5.74, 6) is 0.674. The van der Waals surface area contributed by atoms with Crippen molar-refractivity contribution in [2.45, 2.75) is 25.9 Å². The molecule has 1 aliphatic heterocycles. The van der Waals surface area contributed by atoms with Crippen LogP contribution in [0.25, 0.3) is 5.69 Å². The van der Waals surface area contributed by atoms with Gasteiger partial charge in [-0.05, 0) is 36.8 Å². The largest absolute Gasteiger partial charge is 0.480 e. The van der Waals surface area contributed by atoms with Gasteiger partial charge in [-0.2, -0.15) is 5.10 Å². The van der Waals surface area contributed by atoms with Crippen LogP contribution in [-0.4, -0.2) is 21.8 Å². The van der Waals surface area contributed by atoms with Crippen LogP contribution < -0.4 is 10.1 Å². The normalized spacial score (nSPS) is 18.5. The summed E-state index contributed by atoms with van der Waals surface area (Å²) in [4.78, 5) is 12.8. The number of anilines is 1. The molecule has 0 radical (unpaired) electrons. The smallest absolute Gasteiger partial charge is 0.266 e. The number of amides is 1. The molecule has 2 aromatic carbocycles. The fourth-order valence-electron chi connectivity index (χ4n) is 3.16. The minimum absolute atomic E-state index is 0.0193. The molecular formula is C20H19N3O2. The number of hydrogen-bond donors (Lipinski definition) is 1. The predicted molar refractivity (Wildman–Crippen MR) is 96.2 cm³/mol. The predicted octanol–water partition coefficient (Wildman–Crippen LogP) is 3.68. The zero-order valence-electron chi connectivity index (χ0n) is 14.1. The van der Waals surface area contributed by atoms with E-state index in [0.717, 1.165) is 28.3 Å². The first-order valence-electron chi connectivity index (χ1n) is 8.30. The minimum Gasteiger partial charge on any atom is -0.480 e. The van der Waals surface area contributed by atoms with Gasteiger partial charge in [0.15, 0.2) is 6.10 Å². The van der Waals surface area contributed by atoms with Crippen LogP contribution in [0.2, 0.25) is 0 Å². The number of nitrogens with one attached hydrogen (secondary N) is 1. The molecule has 25 heavy (non-hydrogen) atoms. The topological polar surface area (TPSA) is 56.2 Å². The van der Waals surface area contributed by atoms with Crippen molar-refractivity contribution in [3.8, 4) is 11.4 Å². The van der Waals surface area contributed by atoms with Crippen molar-refractivity contribution in [2.24, 2.45) is 0 Å². The number of rotatable bonds is 3. The van der Waals surface area contributed by atoms with E-state index in [1.165, 1.54) is 0 Å². The molecule has 1 aliphatic rings. The van der Waals surface area contributed by atoms with Gasteiger partial charge in [0.25, 0.3) is 5.91 Å². The molecule has 126 valence electrons. The van der Waals surface area contributed by atoms with Gasteiger partial charge in [-0.1, -0.05) is 31.2 Å². The van der Waals surface area contributed by atoms with Gasteiger partial charge in [-0.25, -0.2) is 4.68 Å². The van der Waals surface area contributed by atoms with Crippen LogP contribution in [0.3, 0.4) is 0 Å². The van der Waals surface area contributed by atoms with Crippen molar-refractivity contribution in [3.63, 3.8) is 0 Å². The first-order valence-corrected chi connectivity index (χ1v) is 8.30. The number of para-hydroxylation sites is 1. The summed E-state index contributed by atoms with van der Waals surface area (Å²) in [6.45, 7) is 3.99. The maximum Gasteiger partial charge on any atom is 0.266 e. The Morgan fingerprint density at radius 3 is 2.80 bits per heavy atom. The van der Waals surface area contributed by atoms with Gasteiger partial charge in [-0.15, -0.1) is 0 Å². The van der Waals surface area contributed by atoms with Gasteiger partial charge in [-0.3, -0.25) is 4.79 Å². The Labute approximate surface area is 146 Å².